The van der Waals surface area contributed by atoms with Crippen molar-refractivity contribution in [1.29, 1.82) is 0 Å². The molecule has 0 saturated carbocycles. The Balaban J connectivity index is 1.83. The fraction of sp³-hybridized carbons (Fsp3) is 0.294. The van der Waals surface area contributed by atoms with Gasteiger partial charge < -0.3 is 16.0 Å². The summed E-state index contributed by atoms with van der Waals surface area (Å²) in [6, 6.07) is 13.7. The Kier molecular flexibility index (Phi) is 4.92. The van der Waals surface area contributed by atoms with Crippen LogP contribution in [0, 0.1) is 0 Å². The van der Waals surface area contributed by atoms with Crippen molar-refractivity contribution in [3.63, 3.8) is 0 Å². The number of hydrogen-bond acceptors (Lipinski definition) is 5. The van der Waals surface area contributed by atoms with Gasteiger partial charge >= 0.3 is 0 Å². The van der Waals surface area contributed by atoms with Gasteiger partial charge in [0.2, 0.25) is 0 Å². The summed E-state index contributed by atoms with van der Waals surface area (Å²) in [7, 11) is -3.65. The van der Waals surface area contributed by atoms with Crippen LogP contribution in [0.3, 0.4) is 0 Å². The van der Waals surface area contributed by atoms with Crippen LogP contribution in [0.2, 0.25) is 0 Å². The van der Waals surface area contributed by atoms with Crippen molar-refractivity contribution in [2.45, 2.75) is 11.3 Å². The summed E-state index contributed by atoms with van der Waals surface area (Å²) in [5.41, 5.74) is 8.03. The first-order valence-electron chi connectivity index (χ1n) is 7.99. The number of para-hydroxylation sites is 1. The second-order valence-corrected chi connectivity index (χ2v) is 7.47. The predicted octanol–water partition coefficient (Wildman–Crippen LogP) is 1.87. The molecule has 1 aliphatic heterocycles. The number of nitrogens with zero attached hydrogens (tertiary/aromatic N) is 1. The van der Waals surface area contributed by atoms with Crippen LogP contribution in [0.4, 0.5) is 17.1 Å². The first-order valence-corrected chi connectivity index (χ1v) is 9.48. The van der Waals surface area contributed by atoms with Gasteiger partial charge in [0.25, 0.3) is 10.0 Å². The lowest BCUT2D eigenvalue weighted by atomic mass is 10.2. The van der Waals surface area contributed by atoms with Gasteiger partial charge in [-0.1, -0.05) is 18.2 Å². The molecule has 128 valence electrons. The van der Waals surface area contributed by atoms with Gasteiger partial charge in [0.15, 0.2) is 0 Å². The van der Waals surface area contributed by atoms with Gasteiger partial charge in [0.1, 0.15) is 0 Å². The van der Waals surface area contributed by atoms with Crippen LogP contribution in [-0.2, 0) is 10.0 Å². The topological polar surface area (TPSA) is 87.5 Å². The molecule has 0 atom stereocenters. The molecule has 0 radical (unpaired) electrons. The Labute approximate surface area is 142 Å². The van der Waals surface area contributed by atoms with Crippen LogP contribution in [0.1, 0.15) is 6.42 Å². The van der Waals surface area contributed by atoms with Gasteiger partial charge in [-0.05, 0) is 43.3 Å². The summed E-state index contributed by atoms with van der Waals surface area (Å²) in [6.45, 7) is 3.66. The van der Waals surface area contributed by atoms with Gasteiger partial charge in [-0.25, -0.2) is 8.42 Å². The van der Waals surface area contributed by atoms with E-state index >= 15 is 0 Å². The van der Waals surface area contributed by atoms with Crippen LogP contribution in [0.5, 0.6) is 0 Å². The molecule has 2 aromatic carbocycles. The van der Waals surface area contributed by atoms with Crippen molar-refractivity contribution in [2.75, 3.05) is 41.5 Å². The van der Waals surface area contributed by atoms with Crippen molar-refractivity contribution in [3.8, 4) is 0 Å². The molecule has 3 rings (SSSR count). The van der Waals surface area contributed by atoms with E-state index in [9.17, 15) is 8.42 Å². The van der Waals surface area contributed by atoms with Crippen molar-refractivity contribution in [3.05, 3.63) is 48.5 Å². The van der Waals surface area contributed by atoms with Gasteiger partial charge in [0, 0.05) is 25.3 Å². The predicted molar refractivity (Wildman–Crippen MR) is 97.8 cm³/mol. The minimum absolute atomic E-state index is 0.167. The number of sulfonamides is 1. The van der Waals surface area contributed by atoms with E-state index in [0.717, 1.165) is 38.3 Å². The summed E-state index contributed by atoms with van der Waals surface area (Å²) in [5, 5.41) is 3.34. The van der Waals surface area contributed by atoms with Crippen LogP contribution in [0.25, 0.3) is 0 Å². The second-order valence-electron chi connectivity index (χ2n) is 5.78. The van der Waals surface area contributed by atoms with E-state index in [4.69, 9.17) is 5.73 Å². The monoisotopic (exact) mass is 346 g/mol. The van der Waals surface area contributed by atoms with Gasteiger partial charge in [-0.15, -0.1) is 0 Å². The maximum absolute atomic E-state index is 12.5. The zero-order valence-electron chi connectivity index (χ0n) is 13.4. The van der Waals surface area contributed by atoms with Crippen molar-refractivity contribution < 1.29 is 8.42 Å². The lowest BCUT2D eigenvalue weighted by Crippen LogP contribution is -2.28. The Morgan fingerprint density at radius 1 is 1.04 bits per heavy atom. The Bertz CT molecular complexity index is 785. The van der Waals surface area contributed by atoms with E-state index in [1.54, 1.807) is 36.4 Å². The first kappa shape index (κ1) is 16.6. The second kappa shape index (κ2) is 7.11. The molecular formula is C17H22N4O2S. The molecule has 0 spiro atoms. The number of anilines is 3. The number of hydrogen-bond donors (Lipinski definition) is 3. The van der Waals surface area contributed by atoms with E-state index in [0.29, 0.717) is 11.4 Å². The molecule has 0 bridgehead atoms. The summed E-state index contributed by atoms with van der Waals surface area (Å²) in [4.78, 5) is 2.36. The SMILES string of the molecule is Nc1cc(S(=O)(=O)Nc2ccccc2)ccc1N1CCCNCC1. The minimum Gasteiger partial charge on any atom is -0.397 e. The quantitative estimate of drug-likeness (QED) is 0.736. The van der Waals surface area contributed by atoms with Crippen LogP contribution < -0.4 is 20.7 Å². The molecule has 0 unspecified atom stereocenters. The zero-order chi connectivity index (χ0) is 17.0. The Morgan fingerprint density at radius 2 is 1.83 bits per heavy atom. The maximum Gasteiger partial charge on any atom is 0.261 e. The van der Waals surface area contributed by atoms with Crippen LogP contribution in [0.15, 0.2) is 53.4 Å². The smallest absolute Gasteiger partial charge is 0.261 e. The van der Waals surface area contributed by atoms with Gasteiger partial charge in [-0.2, -0.15) is 0 Å². The molecule has 7 heteroatoms. The van der Waals surface area contributed by atoms with E-state index < -0.39 is 10.0 Å². The van der Waals surface area contributed by atoms with E-state index in [1.807, 2.05) is 6.07 Å². The van der Waals surface area contributed by atoms with E-state index in [1.165, 1.54) is 6.07 Å². The average molecular weight is 346 g/mol. The molecule has 0 aliphatic carbocycles. The van der Waals surface area contributed by atoms with E-state index in [-0.39, 0.29) is 4.90 Å². The van der Waals surface area contributed by atoms with Crippen molar-refractivity contribution in [1.82, 2.24) is 5.32 Å². The third kappa shape index (κ3) is 3.80. The summed E-state index contributed by atoms with van der Waals surface area (Å²) < 4.78 is 27.6. The first-order chi connectivity index (χ1) is 11.6. The molecule has 6 nitrogen and oxygen atoms in total. The lowest BCUT2D eigenvalue weighted by Gasteiger charge is -2.24. The number of rotatable bonds is 4. The highest BCUT2D eigenvalue weighted by molar-refractivity contribution is 7.92. The molecule has 4 N–H and O–H groups in total. The highest BCUT2D eigenvalue weighted by atomic mass is 32.2. The van der Waals surface area contributed by atoms with Crippen LogP contribution >= 0.6 is 0 Å². The van der Waals surface area contributed by atoms with Gasteiger partial charge in [-0.3, -0.25) is 4.72 Å². The van der Waals surface area contributed by atoms with Crippen molar-refractivity contribution in [2.24, 2.45) is 0 Å². The third-order valence-electron chi connectivity index (χ3n) is 4.02. The van der Waals surface area contributed by atoms with Crippen LogP contribution in [-0.4, -0.2) is 34.6 Å². The molecule has 1 saturated heterocycles. The number of nitrogen functional groups attached to an aromatic ring is 1. The fourth-order valence-electron chi connectivity index (χ4n) is 2.79. The normalized spacial score (nSPS) is 15.8. The molecule has 0 amide bonds. The van der Waals surface area contributed by atoms with Crippen molar-refractivity contribution >= 4 is 27.1 Å². The molecule has 1 aliphatic rings. The zero-order valence-corrected chi connectivity index (χ0v) is 14.2. The minimum atomic E-state index is -3.65. The Morgan fingerprint density at radius 3 is 2.58 bits per heavy atom. The summed E-state index contributed by atoms with van der Waals surface area (Å²) in [6.07, 6.45) is 1.04. The molecule has 0 aromatic heterocycles. The average Bonchev–Trinajstić information content (AvgIpc) is 2.84. The molecule has 24 heavy (non-hydrogen) atoms. The fourth-order valence-corrected chi connectivity index (χ4v) is 3.89. The maximum atomic E-state index is 12.5. The van der Waals surface area contributed by atoms with Gasteiger partial charge in [0.05, 0.1) is 16.3 Å². The molecule has 1 heterocycles. The highest BCUT2D eigenvalue weighted by Gasteiger charge is 2.18. The number of nitrogens with one attached hydrogen (secondary N) is 2. The number of benzene rings is 2. The standard InChI is InChI=1S/C17H22N4O2S/c18-16-13-15(24(22,23)20-14-5-2-1-3-6-14)7-8-17(16)21-11-4-9-19-10-12-21/h1-3,5-8,13,19-20H,4,9-12,18H2. The Hall–Kier alpha value is -2.25. The third-order valence-corrected chi connectivity index (χ3v) is 5.40. The summed E-state index contributed by atoms with van der Waals surface area (Å²) >= 11 is 0. The molecular weight excluding hydrogens is 324 g/mol. The molecule has 1 fully saturated rings. The summed E-state index contributed by atoms with van der Waals surface area (Å²) in [5.74, 6) is 0. The lowest BCUT2D eigenvalue weighted by molar-refractivity contribution is 0.601. The van der Waals surface area contributed by atoms with E-state index in [2.05, 4.69) is 14.9 Å². The molecule has 2 aromatic rings. The largest absolute Gasteiger partial charge is 0.397 e. The number of nitrogens with two attached hydrogens (primary N) is 1. The highest BCUT2D eigenvalue weighted by Crippen LogP contribution is 2.27.